The number of carbonyl (C=O) groups is 6. The molecule has 0 saturated heterocycles. The summed E-state index contributed by atoms with van der Waals surface area (Å²) >= 11 is 0. The van der Waals surface area contributed by atoms with Crippen LogP contribution in [0.25, 0.3) is 0 Å². The zero-order valence-electron chi connectivity index (χ0n) is 40.7. The van der Waals surface area contributed by atoms with Gasteiger partial charge >= 0.3 is 53.5 Å². The predicted octanol–water partition coefficient (Wildman–Crippen LogP) is 5.07. The SMILES string of the molecule is CCOC(=O)CC(C(=O)OCC)N(CCCC(C)CN(C(=O)NCCC[Si](OCC)(OCC)OCC)C(CC(=O)OCC)C(=O)OCC)C(=O)NCCC[Si](OCC)(OCC)OCC. The lowest BCUT2D eigenvalue weighted by Crippen LogP contribution is -2.53. The highest BCUT2D eigenvalue weighted by atomic mass is 28.4. The summed E-state index contributed by atoms with van der Waals surface area (Å²) in [7, 11) is -5.99. The average Bonchev–Trinajstić information content (AvgIpc) is 3.24. The van der Waals surface area contributed by atoms with E-state index in [2.05, 4.69) is 10.6 Å². The maximum absolute atomic E-state index is 14.0. The highest BCUT2D eigenvalue weighted by molar-refractivity contribution is 6.61. The molecule has 0 saturated carbocycles. The van der Waals surface area contributed by atoms with E-state index in [4.69, 9.17) is 45.5 Å². The first-order chi connectivity index (χ1) is 30.7. The first-order valence-electron chi connectivity index (χ1n) is 23.2. The summed E-state index contributed by atoms with van der Waals surface area (Å²) in [5, 5.41) is 5.76. The summed E-state index contributed by atoms with van der Waals surface area (Å²) in [6, 6.07) is -2.93. The van der Waals surface area contributed by atoms with Gasteiger partial charge in [-0.05, 0) is 101 Å². The van der Waals surface area contributed by atoms with Gasteiger partial charge in [-0.2, -0.15) is 0 Å². The number of amides is 4. The van der Waals surface area contributed by atoms with Crippen molar-refractivity contribution in [2.45, 2.75) is 139 Å². The topological polar surface area (TPSA) is 225 Å². The summed E-state index contributed by atoms with van der Waals surface area (Å²) in [6.07, 6.45) is 0.714. The average molecular weight is 955 g/mol. The zero-order valence-corrected chi connectivity index (χ0v) is 42.7. The molecule has 64 heavy (non-hydrogen) atoms. The van der Waals surface area contributed by atoms with Crippen LogP contribution in [0.5, 0.6) is 0 Å². The van der Waals surface area contributed by atoms with Crippen LogP contribution in [0.1, 0.15) is 115 Å². The molecule has 3 unspecified atom stereocenters. The third-order valence-corrected chi connectivity index (χ3v) is 15.7. The van der Waals surface area contributed by atoms with Gasteiger partial charge in [0.1, 0.15) is 12.1 Å². The molecule has 374 valence electrons. The largest absolute Gasteiger partial charge is 0.500 e. The Morgan fingerprint density at radius 3 is 1.16 bits per heavy atom. The Morgan fingerprint density at radius 2 is 0.812 bits per heavy atom. The number of rotatable bonds is 38. The maximum atomic E-state index is 14.0. The van der Waals surface area contributed by atoms with Crippen molar-refractivity contribution < 1.29 is 74.3 Å². The molecule has 20 nitrogen and oxygen atoms in total. The quantitative estimate of drug-likeness (QED) is 0.0357. The summed E-state index contributed by atoms with van der Waals surface area (Å²) in [5.41, 5.74) is 0. The summed E-state index contributed by atoms with van der Waals surface area (Å²) < 4.78 is 56.7. The first kappa shape index (κ1) is 60.6. The molecule has 2 N–H and O–H groups in total. The molecule has 0 aliphatic rings. The van der Waals surface area contributed by atoms with Gasteiger partial charge in [0.15, 0.2) is 0 Å². The molecular formula is C42H82N4O16Si2. The van der Waals surface area contributed by atoms with E-state index >= 15 is 0 Å². The van der Waals surface area contributed by atoms with Crippen LogP contribution in [0, 0.1) is 5.92 Å². The van der Waals surface area contributed by atoms with Gasteiger partial charge in [0.25, 0.3) is 0 Å². The smallest absolute Gasteiger partial charge is 0.466 e. The molecular weight excluding hydrogens is 873 g/mol. The molecule has 0 aromatic carbocycles. The van der Waals surface area contributed by atoms with Gasteiger partial charge in [0, 0.05) is 77.9 Å². The van der Waals surface area contributed by atoms with Crippen molar-refractivity contribution in [3.63, 3.8) is 0 Å². The van der Waals surface area contributed by atoms with Crippen molar-refractivity contribution in [2.24, 2.45) is 5.92 Å². The minimum atomic E-state index is -3.00. The summed E-state index contributed by atoms with van der Waals surface area (Å²) in [4.78, 5) is 82.8. The van der Waals surface area contributed by atoms with Crippen molar-refractivity contribution >= 4 is 53.5 Å². The van der Waals surface area contributed by atoms with E-state index in [9.17, 15) is 28.8 Å². The molecule has 0 radical (unpaired) electrons. The van der Waals surface area contributed by atoms with Crippen LogP contribution in [-0.2, 0) is 64.7 Å². The Bertz CT molecular complexity index is 1300. The van der Waals surface area contributed by atoms with Crippen LogP contribution in [0.3, 0.4) is 0 Å². The number of hydrogen-bond acceptors (Lipinski definition) is 16. The molecule has 0 spiro atoms. The lowest BCUT2D eigenvalue weighted by molar-refractivity contribution is -0.155. The van der Waals surface area contributed by atoms with Gasteiger partial charge in [-0.1, -0.05) is 6.92 Å². The van der Waals surface area contributed by atoms with E-state index in [1.165, 1.54) is 9.80 Å². The standard InChI is InChI=1S/C42H82N4O16Si2/c1-12-53-37(47)31-35(39(49)55-14-3)45(41(51)43-26-23-29-63(57-16-5,58-17-6)59-18-7)28-22-25-34(11)33-46(36(40(50)56-15-4)32-38(48)54-13-2)42(52)44-27-24-30-64(60-19-8,61-20-9)62-21-10/h34-36H,12-33H2,1-11H3,(H,43,51)(H,44,52). The van der Waals surface area contributed by atoms with Crippen LogP contribution >= 0.6 is 0 Å². The van der Waals surface area contributed by atoms with E-state index in [1.807, 2.05) is 48.5 Å². The number of urea groups is 2. The van der Waals surface area contributed by atoms with Crippen molar-refractivity contribution in [1.29, 1.82) is 0 Å². The highest BCUT2D eigenvalue weighted by Gasteiger charge is 2.41. The lowest BCUT2D eigenvalue weighted by atomic mass is 10.0. The molecule has 0 aliphatic heterocycles. The predicted molar refractivity (Wildman–Crippen MR) is 242 cm³/mol. The third-order valence-electron chi connectivity index (χ3n) is 9.38. The number of hydrogen-bond donors (Lipinski definition) is 2. The second-order valence-corrected chi connectivity index (χ2v) is 19.7. The molecule has 0 bridgehead atoms. The van der Waals surface area contributed by atoms with Gasteiger partial charge in [0.2, 0.25) is 0 Å². The van der Waals surface area contributed by atoms with Crippen LogP contribution in [0.2, 0.25) is 12.1 Å². The van der Waals surface area contributed by atoms with E-state index < -0.39 is 78.5 Å². The highest BCUT2D eigenvalue weighted by Crippen LogP contribution is 2.21. The summed E-state index contributed by atoms with van der Waals surface area (Å²) in [6.45, 7) is 22.5. The van der Waals surface area contributed by atoms with E-state index in [1.54, 1.807) is 27.7 Å². The molecule has 3 atom stereocenters. The Morgan fingerprint density at radius 1 is 0.469 bits per heavy atom. The Balaban J connectivity index is 6.50. The van der Waals surface area contributed by atoms with Crippen molar-refractivity contribution in [2.75, 3.05) is 92.2 Å². The zero-order chi connectivity index (χ0) is 48.4. The van der Waals surface area contributed by atoms with Gasteiger partial charge in [-0.15, -0.1) is 0 Å². The number of nitrogens with one attached hydrogen (secondary N) is 2. The van der Waals surface area contributed by atoms with Crippen molar-refractivity contribution in [1.82, 2.24) is 20.4 Å². The number of nitrogens with zero attached hydrogens (tertiary/aromatic N) is 2. The van der Waals surface area contributed by atoms with Gasteiger partial charge in [-0.25, -0.2) is 19.2 Å². The molecule has 4 amide bonds. The van der Waals surface area contributed by atoms with Crippen LogP contribution in [0.15, 0.2) is 0 Å². The second kappa shape index (κ2) is 35.8. The van der Waals surface area contributed by atoms with Crippen LogP contribution in [-0.4, -0.2) is 168 Å². The lowest BCUT2D eigenvalue weighted by Gasteiger charge is -2.33. The fraction of sp³-hybridized carbons (Fsp3) is 0.857. The minimum Gasteiger partial charge on any atom is -0.466 e. The molecule has 0 rings (SSSR count). The fourth-order valence-corrected chi connectivity index (χ4v) is 12.1. The first-order valence-corrected chi connectivity index (χ1v) is 27.1. The van der Waals surface area contributed by atoms with Gasteiger partial charge in [-0.3, -0.25) is 9.59 Å². The van der Waals surface area contributed by atoms with Gasteiger partial charge in [0.05, 0.1) is 39.3 Å². The monoisotopic (exact) mass is 955 g/mol. The van der Waals surface area contributed by atoms with Gasteiger partial charge < -0.3 is 65.9 Å². The molecule has 0 aromatic rings. The number of ether oxygens (including phenoxy) is 4. The maximum Gasteiger partial charge on any atom is 0.500 e. The fourth-order valence-electron chi connectivity index (χ4n) is 6.87. The molecule has 0 fully saturated rings. The van der Waals surface area contributed by atoms with Crippen molar-refractivity contribution in [3.8, 4) is 0 Å². The minimum absolute atomic E-state index is 0.00566. The Kier molecular flexibility index (Phi) is 33.9. The van der Waals surface area contributed by atoms with Crippen LogP contribution in [0.4, 0.5) is 9.59 Å². The van der Waals surface area contributed by atoms with Crippen molar-refractivity contribution in [3.05, 3.63) is 0 Å². The number of esters is 4. The summed E-state index contributed by atoms with van der Waals surface area (Å²) in [5.74, 6) is -3.21. The van der Waals surface area contributed by atoms with E-state index in [0.717, 1.165) is 0 Å². The molecule has 0 aromatic heterocycles. The third kappa shape index (κ3) is 23.7. The Labute approximate surface area is 384 Å². The van der Waals surface area contributed by atoms with E-state index in [0.29, 0.717) is 77.4 Å². The molecule has 0 aliphatic carbocycles. The number of carbonyl (C=O) groups excluding carboxylic acids is 6. The Hall–Kier alpha value is -3.39. The molecule has 22 heteroatoms. The molecule has 0 heterocycles. The second-order valence-electron chi connectivity index (χ2n) is 14.3. The van der Waals surface area contributed by atoms with Crippen LogP contribution < -0.4 is 10.6 Å². The normalized spacial score (nSPS) is 13.0. The van der Waals surface area contributed by atoms with E-state index in [-0.39, 0.29) is 58.5 Å².